The number of carbonyl (C=O) groups is 1. The summed E-state index contributed by atoms with van der Waals surface area (Å²) in [7, 11) is 1.70. The molecule has 0 bridgehead atoms. The minimum atomic E-state index is -0.145. The second kappa shape index (κ2) is 5.80. The minimum Gasteiger partial charge on any atom is -0.399 e. The van der Waals surface area contributed by atoms with Crippen LogP contribution in [0.4, 0.5) is 5.69 Å². The van der Waals surface area contributed by atoms with Crippen LogP contribution in [0.2, 0.25) is 5.02 Å². The summed E-state index contributed by atoms with van der Waals surface area (Å²) in [5, 5.41) is 3.34. The smallest absolute Gasteiger partial charge is 0.252 e. The van der Waals surface area contributed by atoms with Gasteiger partial charge in [0.05, 0.1) is 10.6 Å². The van der Waals surface area contributed by atoms with Gasteiger partial charge < -0.3 is 15.8 Å². The molecule has 104 valence electrons. The number of methoxy groups -OCH3 is 1. The number of ether oxygens (including phenoxy) is 1. The number of hydrogen-bond donors (Lipinski definition) is 2. The second-order valence-corrected chi connectivity index (χ2v) is 5.57. The molecular formula is C14H19ClN2O2. The first-order chi connectivity index (χ1) is 9.06. The summed E-state index contributed by atoms with van der Waals surface area (Å²) < 4.78 is 5.09. The molecule has 1 saturated carbocycles. The Kier molecular flexibility index (Phi) is 4.32. The summed E-state index contributed by atoms with van der Waals surface area (Å²) in [6.45, 7) is 1.41. The van der Waals surface area contributed by atoms with Crippen molar-refractivity contribution in [1.29, 1.82) is 0 Å². The van der Waals surface area contributed by atoms with Crippen LogP contribution in [0.25, 0.3) is 0 Å². The monoisotopic (exact) mass is 282 g/mol. The Balaban J connectivity index is 1.91. The molecule has 0 spiro atoms. The number of nitrogen functional groups attached to an aromatic ring is 1. The van der Waals surface area contributed by atoms with Gasteiger partial charge in [0.2, 0.25) is 0 Å². The normalized spacial score (nSPS) is 16.1. The van der Waals surface area contributed by atoms with Crippen LogP contribution in [-0.2, 0) is 4.74 Å². The fourth-order valence-electron chi connectivity index (χ4n) is 2.09. The first-order valence-corrected chi connectivity index (χ1v) is 6.76. The highest BCUT2D eigenvalue weighted by Gasteiger charge is 2.42. The van der Waals surface area contributed by atoms with E-state index in [0.29, 0.717) is 22.8 Å². The Hall–Kier alpha value is -1.26. The van der Waals surface area contributed by atoms with Crippen LogP contribution in [0, 0.1) is 5.41 Å². The zero-order valence-electron chi connectivity index (χ0n) is 11.0. The SMILES string of the molecule is COCCC1(CNC(=O)c2ccc(N)cc2Cl)CC1. The van der Waals surface area contributed by atoms with Crippen molar-refractivity contribution >= 4 is 23.2 Å². The molecule has 1 amide bonds. The summed E-state index contributed by atoms with van der Waals surface area (Å²) in [6.07, 6.45) is 3.28. The van der Waals surface area contributed by atoms with Crippen LogP contribution < -0.4 is 11.1 Å². The molecule has 0 atom stereocenters. The number of hydrogen-bond acceptors (Lipinski definition) is 3. The fraction of sp³-hybridized carbons (Fsp3) is 0.500. The minimum absolute atomic E-state index is 0.145. The lowest BCUT2D eigenvalue weighted by Gasteiger charge is -2.15. The molecular weight excluding hydrogens is 264 g/mol. The Morgan fingerprint density at radius 2 is 2.26 bits per heavy atom. The summed E-state index contributed by atoms with van der Waals surface area (Å²) in [6, 6.07) is 4.93. The zero-order valence-corrected chi connectivity index (χ0v) is 11.8. The van der Waals surface area contributed by atoms with Crippen molar-refractivity contribution in [3.8, 4) is 0 Å². The van der Waals surface area contributed by atoms with Crippen LogP contribution >= 0.6 is 11.6 Å². The van der Waals surface area contributed by atoms with Crippen molar-refractivity contribution in [2.45, 2.75) is 19.3 Å². The molecule has 0 aliphatic heterocycles. The number of nitrogens with two attached hydrogens (primary N) is 1. The summed E-state index contributed by atoms with van der Waals surface area (Å²) in [5.74, 6) is -0.145. The van der Waals surface area contributed by atoms with E-state index in [2.05, 4.69) is 5.32 Å². The van der Waals surface area contributed by atoms with Crippen molar-refractivity contribution in [2.24, 2.45) is 5.41 Å². The summed E-state index contributed by atoms with van der Waals surface area (Å²) in [4.78, 5) is 12.1. The first kappa shape index (κ1) is 14.2. The van der Waals surface area contributed by atoms with Gasteiger partial charge in [-0.25, -0.2) is 0 Å². The maximum Gasteiger partial charge on any atom is 0.252 e. The van der Waals surface area contributed by atoms with E-state index in [4.69, 9.17) is 22.1 Å². The summed E-state index contributed by atoms with van der Waals surface area (Å²) in [5.41, 5.74) is 6.86. The van der Waals surface area contributed by atoms with Gasteiger partial charge in [-0.3, -0.25) is 4.79 Å². The van der Waals surface area contributed by atoms with Crippen LogP contribution in [0.5, 0.6) is 0 Å². The van der Waals surface area contributed by atoms with Gasteiger partial charge >= 0.3 is 0 Å². The number of nitrogens with one attached hydrogen (secondary N) is 1. The topological polar surface area (TPSA) is 64.3 Å². The van der Waals surface area contributed by atoms with Gasteiger partial charge in [-0.1, -0.05) is 11.6 Å². The highest BCUT2D eigenvalue weighted by Crippen LogP contribution is 2.48. The van der Waals surface area contributed by atoms with E-state index >= 15 is 0 Å². The number of amides is 1. The molecule has 1 aromatic rings. The number of anilines is 1. The Bertz CT molecular complexity index is 473. The van der Waals surface area contributed by atoms with Gasteiger partial charge in [-0.2, -0.15) is 0 Å². The highest BCUT2D eigenvalue weighted by atomic mass is 35.5. The molecule has 0 unspecified atom stereocenters. The molecule has 0 radical (unpaired) electrons. The molecule has 4 nitrogen and oxygen atoms in total. The van der Waals surface area contributed by atoms with E-state index in [9.17, 15) is 4.79 Å². The Morgan fingerprint density at radius 3 is 2.84 bits per heavy atom. The Morgan fingerprint density at radius 1 is 1.53 bits per heavy atom. The third-order valence-corrected chi connectivity index (χ3v) is 3.97. The van der Waals surface area contributed by atoms with Gasteiger partial charge in [0.15, 0.2) is 0 Å². The molecule has 5 heteroatoms. The van der Waals surface area contributed by atoms with Gasteiger partial charge in [0, 0.05) is 25.9 Å². The molecule has 0 saturated heterocycles. The van der Waals surface area contributed by atoms with Crippen LogP contribution in [0.1, 0.15) is 29.6 Å². The predicted octanol–water partition coefficient (Wildman–Crippen LogP) is 2.47. The quantitative estimate of drug-likeness (QED) is 0.788. The van der Waals surface area contributed by atoms with E-state index in [1.807, 2.05) is 0 Å². The molecule has 1 aliphatic carbocycles. The largest absolute Gasteiger partial charge is 0.399 e. The van der Waals surface area contributed by atoms with E-state index in [1.165, 1.54) is 0 Å². The lowest BCUT2D eigenvalue weighted by molar-refractivity contribution is 0.0938. The molecule has 1 aliphatic rings. The predicted molar refractivity (Wildman–Crippen MR) is 76.4 cm³/mol. The van der Waals surface area contributed by atoms with E-state index in [1.54, 1.807) is 25.3 Å². The van der Waals surface area contributed by atoms with Crippen LogP contribution in [0.3, 0.4) is 0 Å². The second-order valence-electron chi connectivity index (χ2n) is 5.16. The van der Waals surface area contributed by atoms with Crippen LogP contribution in [0.15, 0.2) is 18.2 Å². The Labute approximate surface area is 118 Å². The van der Waals surface area contributed by atoms with Crippen molar-refractivity contribution in [3.63, 3.8) is 0 Å². The molecule has 1 fully saturated rings. The van der Waals surface area contributed by atoms with Gasteiger partial charge in [-0.05, 0) is 42.9 Å². The van der Waals surface area contributed by atoms with Crippen molar-refractivity contribution < 1.29 is 9.53 Å². The van der Waals surface area contributed by atoms with Crippen LogP contribution in [-0.4, -0.2) is 26.2 Å². The van der Waals surface area contributed by atoms with Gasteiger partial charge in [0.1, 0.15) is 0 Å². The first-order valence-electron chi connectivity index (χ1n) is 6.38. The zero-order chi connectivity index (χ0) is 13.9. The average Bonchev–Trinajstić information content (AvgIpc) is 3.14. The van der Waals surface area contributed by atoms with Crippen molar-refractivity contribution in [1.82, 2.24) is 5.32 Å². The average molecular weight is 283 g/mol. The van der Waals surface area contributed by atoms with Crippen molar-refractivity contribution in [2.75, 3.05) is 26.0 Å². The molecule has 0 aromatic heterocycles. The summed E-state index contributed by atoms with van der Waals surface area (Å²) >= 11 is 6.01. The molecule has 1 aromatic carbocycles. The fourth-order valence-corrected chi connectivity index (χ4v) is 2.36. The highest BCUT2D eigenvalue weighted by molar-refractivity contribution is 6.34. The third kappa shape index (κ3) is 3.61. The molecule has 0 heterocycles. The number of rotatable bonds is 6. The number of carbonyl (C=O) groups excluding carboxylic acids is 1. The van der Waals surface area contributed by atoms with E-state index in [0.717, 1.165) is 25.9 Å². The lowest BCUT2D eigenvalue weighted by atomic mass is 10.0. The van der Waals surface area contributed by atoms with Crippen molar-refractivity contribution in [3.05, 3.63) is 28.8 Å². The van der Waals surface area contributed by atoms with E-state index < -0.39 is 0 Å². The lowest BCUT2D eigenvalue weighted by Crippen LogP contribution is -2.31. The maximum atomic E-state index is 12.1. The van der Waals surface area contributed by atoms with Gasteiger partial charge in [-0.15, -0.1) is 0 Å². The molecule has 2 rings (SSSR count). The third-order valence-electron chi connectivity index (χ3n) is 3.66. The maximum absolute atomic E-state index is 12.1. The molecule has 3 N–H and O–H groups in total. The number of benzene rings is 1. The van der Waals surface area contributed by atoms with E-state index in [-0.39, 0.29) is 11.3 Å². The van der Waals surface area contributed by atoms with Gasteiger partial charge in [0.25, 0.3) is 5.91 Å². The molecule has 19 heavy (non-hydrogen) atoms. The number of halogens is 1. The standard InChI is InChI=1S/C14H19ClN2O2/c1-19-7-6-14(4-5-14)9-17-13(18)11-3-2-10(16)8-12(11)15/h2-3,8H,4-7,9,16H2,1H3,(H,17,18).